The molecule has 0 aliphatic heterocycles. The molecule has 0 saturated heterocycles. The van der Waals surface area contributed by atoms with Gasteiger partial charge in [0.25, 0.3) is 0 Å². The Morgan fingerprint density at radius 3 is 2.46 bits per heavy atom. The second-order valence-electron chi connectivity index (χ2n) is 5.98. The molecule has 0 saturated carbocycles. The standard InChI is InChI=1S/C20H23N5O/c1-3-4-14-25(2)20-23-19(15-21-24-20)22-16-10-12-18(13-11-16)26-17-8-6-5-7-9-17/h5-13,15H,3-4,14H2,1-2H3,(H,22,23,24). The van der Waals surface area contributed by atoms with E-state index in [1.165, 1.54) is 0 Å². The SMILES string of the molecule is CCCCN(C)c1nncc(Nc2ccc(Oc3ccccc3)cc2)n1. The summed E-state index contributed by atoms with van der Waals surface area (Å²) < 4.78 is 5.80. The normalized spacial score (nSPS) is 10.4. The molecule has 3 rings (SSSR count). The fraction of sp³-hybridized carbons (Fsp3) is 0.250. The third kappa shape index (κ3) is 4.92. The first-order chi connectivity index (χ1) is 12.7. The number of hydrogen-bond acceptors (Lipinski definition) is 6. The van der Waals surface area contributed by atoms with Gasteiger partial charge in [-0.25, -0.2) is 0 Å². The lowest BCUT2D eigenvalue weighted by atomic mass is 10.3. The highest BCUT2D eigenvalue weighted by molar-refractivity contribution is 5.57. The van der Waals surface area contributed by atoms with Crippen LogP contribution in [0.2, 0.25) is 0 Å². The first-order valence-electron chi connectivity index (χ1n) is 8.75. The van der Waals surface area contributed by atoms with Crippen LogP contribution in [-0.2, 0) is 0 Å². The average molecular weight is 349 g/mol. The molecule has 2 aromatic carbocycles. The lowest BCUT2D eigenvalue weighted by Gasteiger charge is -2.16. The lowest BCUT2D eigenvalue weighted by molar-refractivity contribution is 0.483. The van der Waals surface area contributed by atoms with Crippen molar-refractivity contribution in [3.8, 4) is 11.5 Å². The quantitative estimate of drug-likeness (QED) is 0.639. The van der Waals surface area contributed by atoms with Crippen LogP contribution in [0.4, 0.5) is 17.5 Å². The number of nitrogens with one attached hydrogen (secondary N) is 1. The van der Waals surface area contributed by atoms with E-state index >= 15 is 0 Å². The Kier molecular flexibility index (Phi) is 5.98. The number of para-hydroxylation sites is 1. The van der Waals surface area contributed by atoms with Crippen LogP contribution in [0.15, 0.2) is 60.8 Å². The van der Waals surface area contributed by atoms with E-state index in [0.29, 0.717) is 11.8 Å². The lowest BCUT2D eigenvalue weighted by Crippen LogP contribution is -2.21. The van der Waals surface area contributed by atoms with Gasteiger partial charge in [-0.2, -0.15) is 10.1 Å². The molecule has 0 unspecified atom stereocenters. The number of nitrogens with zero attached hydrogens (tertiary/aromatic N) is 4. The number of rotatable bonds is 8. The maximum absolute atomic E-state index is 5.80. The van der Waals surface area contributed by atoms with E-state index < -0.39 is 0 Å². The Balaban J connectivity index is 1.64. The van der Waals surface area contributed by atoms with E-state index in [1.807, 2.05) is 66.5 Å². The molecule has 0 atom stereocenters. The fourth-order valence-corrected chi connectivity index (χ4v) is 2.39. The zero-order valence-corrected chi connectivity index (χ0v) is 15.1. The number of benzene rings is 2. The summed E-state index contributed by atoms with van der Waals surface area (Å²) >= 11 is 0. The van der Waals surface area contributed by atoms with Crippen LogP contribution >= 0.6 is 0 Å². The summed E-state index contributed by atoms with van der Waals surface area (Å²) in [5.74, 6) is 2.87. The van der Waals surface area contributed by atoms with Gasteiger partial charge < -0.3 is 15.0 Å². The van der Waals surface area contributed by atoms with Crippen LogP contribution in [0.1, 0.15) is 19.8 Å². The van der Waals surface area contributed by atoms with Crippen molar-refractivity contribution in [3.05, 3.63) is 60.8 Å². The minimum absolute atomic E-state index is 0.618. The van der Waals surface area contributed by atoms with Crippen molar-refractivity contribution in [2.75, 3.05) is 23.8 Å². The molecule has 134 valence electrons. The van der Waals surface area contributed by atoms with Crippen LogP contribution in [0.25, 0.3) is 0 Å². The van der Waals surface area contributed by atoms with E-state index in [4.69, 9.17) is 4.74 Å². The van der Waals surface area contributed by atoms with E-state index in [-0.39, 0.29) is 0 Å². The minimum Gasteiger partial charge on any atom is -0.457 e. The van der Waals surface area contributed by atoms with Crippen LogP contribution in [-0.4, -0.2) is 28.8 Å². The van der Waals surface area contributed by atoms with Gasteiger partial charge in [0.2, 0.25) is 5.95 Å². The van der Waals surface area contributed by atoms with Gasteiger partial charge in [-0.15, -0.1) is 5.10 Å². The van der Waals surface area contributed by atoms with Crippen LogP contribution in [0, 0.1) is 0 Å². The molecule has 6 nitrogen and oxygen atoms in total. The Bertz CT molecular complexity index is 808. The molecule has 0 amide bonds. The molecular formula is C20H23N5O. The van der Waals surface area contributed by atoms with Gasteiger partial charge >= 0.3 is 0 Å². The molecule has 1 N–H and O–H groups in total. The number of aromatic nitrogens is 3. The summed E-state index contributed by atoms with van der Waals surface area (Å²) in [7, 11) is 1.98. The Morgan fingerprint density at radius 2 is 1.73 bits per heavy atom. The second kappa shape index (κ2) is 8.80. The zero-order valence-electron chi connectivity index (χ0n) is 15.1. The van der Waals surface area contributed by atoms with Gasteiger partial charge in [-0.3, -0.25) is 0 Å². The maximum atomic E-state index is 5.80. The molecular weight excluding hydrogens is 326 g/mol. The highest BCUT2D eigenvalue weighted by atomic mass is 16.5. The van der Waals surface area contributed by atoms with Crippen molar-refractivity contribution in [1.82, 2.24) is 15.2 Å². The first kappa shape index (κ1) is 17.7. The molecule has 1 heterocycles. The zero-order chi connectivity index (χ0) is 18.2. The van der Waals surface area contributed by atoms with Gasteiger partial charge in [0.15, 0.2) is 5.82 Å². The molecule has 26 heavy (non-hydrogen) atoms. The molecule has 3 aromatic rings. The van der Waals surface area contributed by atoms with E-state index in [2.05, 4.69) is 27.4 Å². The van der Waals surface area contributed by atoms with Crippen LogP contribution in [0.3, 0.4) is 0 Å². The molecule has 0 aliphatic carbocycles. The fourth-order valence-electron chi connectivity index (χ4n) is 2.39. The average Bonchev–Trinajstić information content (AvgIpc) is 2.69. The van der Waals surface area contributed by atoms with Gasteiger partial charge in [-0.05, 0) is 42.8 Å². The molecule has 0 radical (unpaired) electrons. The maximum Gasteiger partial charge on any atom is 0.247 e. The monoisotopic (exact) mass is 349 g/mol. The molecule has 0 aliphatic rings. The first-order valence-corrected chi connectivity index (χ1v) is 8.75. The number of anilines is 3. The van der Waals surface area contributed by atoms with Crippen molar-refractivity contribution in [3.63, 3.8) is 0 Å². The van der Waals surface area contributed by atoms with Gasteiger partial charge in [-0.1, -0.05) is 31.5 Å². The number of ether oxygens (including phenoxy) is 1. The van der Waals surface area contributed by atoms with Crippen molar-refractivity contribution >= 4 is 17.5 Å². The van der Waals surface area contributed by atoms with Crippen molar-refractivity contribution in [2.45, 2.75) is 19.8 Å². The van der Waals surface area contributed by atoms with Gasteiger partial charge in [0.1, 0.15) is 11.5 Å². The summed E-state index contributed by atoms with van der Waals surface area (Å²) in [6, 6.07) is 17.4. The summed E-state index contributed by atoms with van der Waals surface area (Å²) in [6.07, 6.45) is 3.85. The minimum atomic E-state index is 0.618. The molecule has 6 heteroatoms. The smallest absolute Gasteiger partial charge is 0.247 e. The molecule has 1 aromatic heterocycles. The van der Waals surface area contributed by atoms with Gasteiger partial charge in [0.05, 0.1) is 6.20 Å². The molecule has 0 fully saturated rings. The summed E-state index contributed by atoms with van der Waals surface area (Å²) in [5, 5.41) is 11.4. The number of hydrogen-bond donors (Lipinski definition) is 1. The van der Waals surface area contributed by atoms with Crippen LogP contribution in [0.5, 0.6) is 11.5 Å². The molecule has 0 bridgehead atoms. The summed E-state index contributed by atoms with van der Waals surface area (Å²) in [4.78, 5) is 6.53. The Morgan fingerprint density at radius 1 is 1.00 bits per heavy atom. The predicted molar refractivity (Wildman–Crippen MR) is 104 cm³/mol. The summed E-state index contributed by atoms with van der Waals surface area (Å²) in [5.41, 5.74) is 0.910. The van der Waals surface area contributed by atoms with Gasteiger partial charge in [0, 0.05) is 19.3 Å². The Hall–Kier alpha value is -3.15. The molecule has 0 spiro atoms. The third-order valence-electron chi connectivity index (χ3n) is 3.84. The van der Waals surface area contributed by atoms with Crippen molar-refractivity contribution in [2.24, 2.45) is 0 Å². The van der Waals surface area contributed by atoms with E-state index in [1.54, 1.807) is 6.20 Å². The topological polar surface area (TPSA) is 63.2 Å². The van der Waals surface area contributed by atoms with Crippen LogP contribution < -0.4 is 15.0 Å². The predicted octanol–water partition coefficient (Wildman–Crippen LogP) is 4.64. The third-order valence-corrected chi connectivity index (χ3v) is 3.84. The Labute approximate surface area is 153 Å². The largest absolute Gasteiger partial charge is 0.457 e. The second-order valence-corrected chi connectivity index (χ2v) is 5.98. The summed E-state index contributed by atoms with van der Waals surface area (Å²) in [6.45, 7) is 3.07. The van der Waals surface area contributed by atoms with Crippen molar-refractivity contribution < 1.29 is 4.74 Å². The highest BCUT2D eigenvalue weighted by Crippen LogP contribution is 2.24. The van der Waals surface area contributed by atoms with E-state index in [9.17, 15) is 0 Å². The van der Waals surface area contributed by atoms with E-state index in [0.717, 1.165) is 36.6 Å². The highest BCUT2D eigenvalue weighted by Gasteiger charge is 2.06. The van der Waals surface area contributed by atoms with Crippen molar-refractivity contribution in [1.29, 1.82) is 0 Å². The number of unbranched alkanes of at least 4 members (excludes halogenated alkanes) is 1.